The summed E-state index contributed by atoms with van der Waals surface area (Å²) in [6.07, 6.45) is 2.54. The monoisotopic (exact) mass is 335 g/mol. The molecule has 1 aromatic carbocycles. The molecule has 0 bridgehead atoms. The molecule has 19 heavy (non-hydrogen) atoms. The lowest BCUT2D eigenvalue weighted by atomic mass is 9.76. The maximum atomic E-state index is 3.67. The minimum absolute atomic E-state index is 0.688. The molecule has 0 aliphatic heterocycles. The van der Waals surface area contributed by atoms with E-state index < -0.39 is 0 Å². The van der Waals surface area contributed by atoms with Crippen LogP contribution in [0, 0.1) is 6.92 Å². The molecule has 1 aliphatic carbocycles. The summed E-state index contributed by atoms with van der Waals surface area (Å²) in [5, 5.41) is 8.15. The van der Waals surface area contributed by atoms with E-state index in [-0.39, 0.29) is 0 Å². The van der Waals surface area contributed by atoms with Crippen molar-refractivity contribution in [1.29, 1.82) is 0 Å². The molecule has 1 nitrogen and oxygen atoms in total. The standard InChI is InChI=1S/C16H18BrNS/c1-11-9-19-10-14(11)8-18-16-6-13(7-16)12-2-4-15(17)5-3-12/h2-5,9-10,13,16,18H,6-8H2,1H3. The fourth-order valence-electron chi connectivity index (χ4n) is 2.61. The van der Waals surface area contributed by atoms with Gasteiger partial charge in [-0.3, -0.25) is 0 Å². The second-order valence-electron chi connectivity index (χ2n) is 5.38. The Hall–Kier alpha value is -0.640. The van der Waals surface area contributed by atoms with Crippen LogP contribution < -0.4 is 5.32 Å². The molecule has 0 saturated heterocycles. The van der Waals surface area contributed by atoms with Crippen LogP contribution in [0.2, 0.25) is 0 Å². The van der Waals surface area contributed by atoms with Crippen molar-refractivity contribution in [3.63, 3.8) is 0 Å². The maximum absolute atomic E-state index is 3.67. The third-order valence-electron chi connectivity index (χ3n) is 4.02. The summed E-state index contributed by atoms with van der Waals surface area (Å²) in [5.41, 5.74) is 4.35. The van der Waals surface area contributed by atoms with Gasteiger partial charge in [0.2, 0.25) is 0 Å². The highest BCUT2D eigenvalue weighted by Gasteiger charge is 2.29. The Kier molecular flexibility index (Phi) is 4.06. The first-order valence-corrected chi connectivity index (χ1v) is 8.46. The number of hydrogen-bond donors (Lipinski definition) is 1. The lowest BCUT2D eigenvalue weighted by molar-refractivity contribution is 0.289. The van der Waals surface area contributed by atoms with Gasteiger partial charge in [-0.15, -0.1) is 0 Å². The Labute approximate surface area is 127 Å². The first-order chi connectivity index (χ1) is 9.22. The first kappa shape index (κ1) is 13.3. The smallest absolute Gasteiger partial charge is 0.0218 e. The van der Waals surface area contributed by atoms with Crippen LogP contribution in [-0.2, 0) is 6.54 Å². The first-order valence-electron chi connectivity index (χ1n) is 6.73. The average molecular weight is 336 g/mol. The summed E-state index contributed by atoms with van der Waals surface area (Å²) < 4.78 is 1.16. The van der Waals surface area contributed by atoms with Gasteiger partial charge in [0.15, 0.2) is 0 Å². The molecule has 1 aromatic heterocycles. The zero-order valence-electron chi connectivity index (χ0n) is 11.0. The van der Waals surface area contributed by atoms with Gasteiger partial charge in [-0.05, 0) is 65.3 Å². The Morgan fingerprint density at radius 1 is 1.21 bits per heavy atom. The summed E-state index contributed by atoms with van der Waals surface area (Å²) >= 11 is 5.29. The molecule has 1 heterocycles. The van der Waals surface area contributed by atoms with Crippen LogP contribution in [0.4, 0.5) is 0 Å². The Morgan fingerprint density at radius 3 is 2.58 bits per heavy atom. The third-order valence-corrected chi connectivity index (χ3v) is 5.46. The van der Waals surface area contributed by atoms with E-state index >= 15 is 0 Å². The molecule has 1 N–H and O–H groups in total. The zero-order chi connectivity index (χ0) is 13.2. The summed E-state index contributed by atoms with van der Waals surface area (Å²) in [6.45, 7) is 3.21. The Morgan fingerprint density at radius 2 is 1.95 bits per heavy atom. The van der Waals surface area contributed by atoms with Gasteiger partial charge in [0.05, 0.1) is 0 Å². The minimum atomic E-state index is 0.688. The van der Waals surface area contributed by atoms with E-state index in [2.05, 4.69) is 63.2 Å². The lowest BCUT2D eigenvalue weighted by Gasteiger charge is -2.36. The van der Waals surface area contributed by atoms with Crippen LogP contribution in [0.3, 0.4) is 0 Å². The van der Waals surface area contributed by atoms with E-state index in [0.717, 1.165) is 16.9 Å². The van der Waals surface area contributed by atoms with E-state index in [1.165, 1.54) is 29.5 Å². The normalized spacial score (nSPS) is 22.2. The number of halogens is 1. The van der Waals surface area contributed by atoms with Gasteiger partial charge in [0.25, 0.3) is 0 Å². The Balaban J connectivity index is 1.48. The van der Waals surface area contributed by atoms with Crippen LogP contribution in [0.5, 0.6) is 0 Å². The van der Waals surface area contributed by atoms with Crippen molar-refractivity contribution < 1.29 is 0 Å². The van der Waals surface area contributed by atoms with Crippen LogP contribution in [0.1, 0.15) is 35.4 Å². The minimum Gasteiger partial charge on any atom is -0.310 e. The number of benzene rings is 1. The summed E-state index contributed by atoms with van der Waals surface area (Å²) in [6, 6.07) is 9.46. The van der Waals surface area contributed by atoms with Crippen LogP contribution >= 0.6 is 27.3 Å². The molecule has 1 saturated carbocycles. The number of thiophene rings is 1. The fourth-order valence-corrected chi connectivity index (χ4v) is 3.74. The number of rotatable bonds is 4. The van der Waals surface area contributed by atoms with E-state index in [0.29, 0.717) is 6.04 Å². The SMILES string of the molecule is Cc1cscc1CNC1CC(c2ccc(Br)cc2)C1. The fraction of sp³-hybridized carbons (Fsp3) is 0.375. The van der Waals surface area contributed by atoms with Gasteiger partial charge in [-0.1, -0.05) is 28.1 Å². The van der Waals surface area contributed by atoms with E-state index in [1.807, 2.05) is 0 Å². The molecule has 0 atom stereocenters. The highest BCUT2D eigenvalue weighted by molar-refractivity contribution is 9.10. The molecular weight excluding hydrogens is 318 g/mol. The number of nitrogens with one attached hydrogen (secondary N) is 1. The van der Waals surface area contributed by atoms with Gasteiger partial charge >= 0.3 is 0 Å². The van der Waals surface area contributed by atoms with Crippen LogP contribution in [0.15, 0.2) is 39.5 Å². The molecule has 100 valence electrons. The zero-order valence-corrected chi connectivity index (χ0v) is 13.4. The third kappa shape index (κ3) is 3.10. The highest BCUT2D eigenvalue weighted by atomic mass is 79.9. The van der Waals surface area contributed by atoms with Crippen molar-refractivity contribution in [2.75, 3.05) is 0 Å². The second-order valence-corrected chi connectivity index (χ2v) is 7.04. The molecule has 3 rings (SSSR count). The average Bonchev–Trinajstić information content (AvgIpc) is 2.75. The van der Waals surface area contributed by atoms with E-state index in [4.69, 9.17) is 0 Å². The van der Waals surface area contributed by atoms with E-state index in [1.54, 1.807) is 11.3 Å². The predicted octanol–water partition coefficient (Wildman–Crippen LogP) is 4.85. The predicted molar refractivity (Wildman–Crippen MR) is 85.8 cm³/mol. The Bertz CT molecular complexity index is 540. The van der Waals surface area contributed by atoms with Crippen molar-refractivity contribution in [3.05, 3.63) is 56.2 Å². The van der Waals surface area contributed by atoms with Crippen LogP contribution in [0.25, 0.3) is 0 Å². The van der Waals surface area contributed by atoms with Crippen molar-refractivity contribution in [2.45, 2.75) is 38.3 Å². The van der Waals surface area contributed by atoms with Crippen molar-refractivity contribution >= 4 is 27.3 Å². The second kappa shape index (κ2) is 5.78. The molecule has 0 unspecified atom stereocenters. The van der Waals surface area contributed by atoms with Crippen molar-refractivity contribution in [3.8, 4) is 0 Å². The molecule has 0 spiro atoms. The van der Waals surface area contributed by atoms with E-state index in [9.17, 15) is 0 Å². The summed E-state index contributed by atoms with van der Waals surface area (Å²) in [5.74, 6) is 0.745. The number of hydrogen-bond acceptors (Lipinski definition) is 2. The molecule has 1 aliphatic rings. The highest BCUT2D eigenvalue weighted by Crippen LogP contribution is 2.37. The quantitative estimate of drug-likeness (QED) is 0.841. The molecule has 0 amide bonds. The number of aryl methyl sites for hydroxylation is 1. The molecule has 0 radical (unpaired) electrons. The van der Waals surface area contributed by atoms with Gasteiger partial charge < -0.3 is 5.32 Å². The molecular formula is C16H18BrNS. The summed E-state index contributed by atoms with van der Waals surface area (Å²) in [4.78, 5) is 0. The van der Waals surface area contributed by atoms with Gasteiger partial charge in [0.1, 0.15) is 0 Å². The van der Waals surface area contributed by atoms with Crippen LogP contribution in [-0.4, -0.2) is 6.04 Å². The van der Waals surface area contributed by atoms with Crippen molar-refractivity contribution in [1.82, 2.24) is 5.32 Å². The van der Waals surface area contributed by atoms with Gasteiger partial charge in [-0.25, -0.2) is 0 Å². The van der Waals surface area contributed by atoms with Gasteiger partial charge in [-0.2, -0.15) is 11.3 Å². The molecule has 2 aromatic rings. The largest absolute Gasteiger partial charge is 0.310 e. The molecule has 1 fully saturated rings. The molecule has 3 heteroatoms. The topological polar surface area (TPSA) is 12.0 Å². The summed E-state index contributed by atoms with van der Waals surface area (Å²) in [7, 11) is 0. The van der Waals surface area contributed by atoms with Gasteiger partial charge in [0, 0.05) is 17.1 Å². The maximum Gasteiger partial charge on any atom is 0.0218 e. The van der Waals surface area contributed by atoms with Crippen molar-refractivity contribution in [2.24, 2.45) is 0 Å². The lowest BCUT2D eigenvalue weighted by Crippen LogP contribution is -2.39.